The first kappa shape index (κ1) is 13.3. The second kappa shape index (κ2) is 5.34. The van der Waals surface area contributed by atoms with E-state index in [-0.39, 0.29) is 5.91 Å². The van der Waals surface area contributed by atoms with Crippen molar-refractivity contribution in [1.82, 2.24) is 4.98 Å². The number of primary amides is 1. The van der Waals surface area contributed by atoms with Gasteiger partial charge in [-0.25, -0.2) is 4.98 Å². The van der Waals surface area contributed by atoms with Crippen LogP contribution in [0, 0.1) is 0 Å². The summed E-state index contributed by atoms with van der Waals surface area (Å²) in [7, 11) is 0. The van der Waals surface area contributed by atoms with Gasteiger partial charge in [0.05, 0.1) is 15.7 Å². The number of fused-ring (bicyclic) bond motifs is 1. The molecule has 0 fully saturated rings. The molecule has 0 saturated heterocycles. The molecular weight excluding hydrogens is 286 g/mol. The summed E-state index contributed by atoms with van der Waals surface area (Å²) in [6, 6.07) is 11.8. The molecule has 0 bridgehead atoms. The summed E-state index contributed by atoms with van der Waals surface area (Å²) in [5.41, 5.74) is 9.24. The van der Waals surface area contributed by atoms with Gasteiger partial charge in [0, 0.05) is 16.8 Å². The Morgan fingerprint density at radius 2 is 1.95 bits per heavy atom. The van der Waals surface area contributed by atoms with Crippen molar-refractivity contribution in [2.75, 3.05) is 5.32 Å². The third kappa shape index (κ3) is 2.75. The van der Waals surface area contributed by atoms with Crippen LogP contribution < -0.4 is 11.1 Å². The van der Waals surface area contributed by atoms with Crippen molar-refractivity contribution in [3.63, 3.8) is 0 Å². The molecule has 0 atom stereocenters. The monoisotopic (exact) mass is 297 g/mol. The number of amides is 2. The predicted octanol–water partition coefficient (Wildman–Crippen LogP) is 2.65. The van der Waals surface area contributed by atoms with Crippen LogP contribution >= 0.6 is 11.3 Å². The Morgan fingerprint density at radius 1 is 1.10 bits per heavy atom. The fraction of sp³-hybridized carbons (Fsp3) is 0. The number of hydrogen-bond donors (Lipinski definition) is 2. The van der Waals surface area contributed by atoms with E-state index in [1.807, 2.05) is 0 Å². The normalized spacial score (nSPS) is 10.5. The molecule has 0 unspecified atom stereocenters. The number of rotatable bonds is 3. The standard InChI is InChI=1S/C15H11N3O2S/c16-14(19)9-2-1-3-11(6-9)18-15(20)10-4-5-12-13(7-10)21-8-17-12/h1-8H,(H2,16,19)(H,18,20). The Balaban J connectivity index is 1.85. The number of nitrogens with two attached hydrogens (primary N) is 1. The van der Waals surface area contributed by atoms with Gasteiger partial charge in [-0.3, -0.25) is 9.59 Å². The number of nitrogens with one attached hydrogen (secondary N) is 1. The number of thiazole rings is 1. The van der Waals surface area contributed by atoms with Crippen LogP contribution in [0.5, 0.6) is 0 Å². The van der Waals surface area contributed by atoms with Crippen molar-refractivity contribution in [3.05, 3.63) is 59.1 Å². The number of nitrogens with zero attached hydrogens (tertiary/aromatic N) is 1. The molecule has 104 valence electrons. The summed E-state index contributed by atoms with van der Waals surface area (Å²) in [5, 5.41) is 2.75. The van der Waals surface area contributed by atoms with E-state index in [0.29, 0.717) is 16.8 Å². The van der Waals surface area contributed by atoms with Gasteiger partial charge in [0.15, 0.2) is 0 Å². The minimum Gasteiger partial charge on any atom is -0.366 e. The van der Waals surface area contributed by atoms with E-state index in [2.05, 4.69) is 10.3 Å². The van der Waals surface area contributed by atoms with Crippen LogP contribution in [-0.2, 0) is 0 Å². The summed E-state index contributed by atoms with van der Waals surface area (Å²) in [4.78, 5) is 27.5. The first-order chi connectivity index (χ1) is 10.1. The largest absolute Gasteiger partial charge is 0.366 e. The van der Waals surface area contributed by atoms with Crippen molar-refractivity contribution in [2.45, 2.75) is 0 Å². The van der Waals surface area contributed by atoms with Crippen molar-refractivity contribution in [2.24, 2.45) is 5.73 Å². The molecule has 0 aliphatic carbocycles. The van der Waals surface area contributed by atoms with E-state index in [0.717, 1.165) is 10.2 Å². The van der Waals surface area contributed by atoms with E-state index >= 15 is 0 Å². The number of anilines is 1. The molecule has 1 aromatic heterocycles. The van der Waals surface area contributed by atoms with E-state index in [1.165, 1.54) is 11.3 Å². The van der Waals surface area contributed by atoms with Crippen molar-refractivity contribution in [1.29, 1.82) is 0 Å². The molecule has 0 spiro atoms. The maximum atomic E-state index is 12.2. The molecule has 3 N–H and O–H groups in total. The van der Waals surface area contributed by atoms with Gasteiger partial charge >= 0.3 is 0 Å². The zero-order chi connectivity index (χ0) is 14.8. The molecule has 3 aromatic rings. The zero-order valence-corrected chi connectivity index (χ0v) is 11.7. The maximum Gasteiger partial charge on any atom is 0.255 e. The van der Waals surface area contributed by atoms with E-state index in [1.54, 1.807) is 48.0 Å². The molecule has 0 aliphatic rings. The van der Waals surface area contributed by atoms with Gasteiger partial charge in [0.2, 0.25) is 5.91 Å². The van der Waals surface area contributed by atoms with Gasteiger partial charge in [-0.2, -0.15) is 0 Å². The lowest BCUT2D eigenvalue weighted by atomic mass is 10.1. The predicted molar refractivity (Wildman–Crippen MR) is 82.5 cm³/mol. The summed E-state index contributed by atoms with van der Waals surface area (Å²) in [6.07, 6.45) is 0. The summed E-state index contributed by atoms with van der Waals surface area (Å²) < 4.78 is 0.952. The second-order valence-electron chi connectivity index (χ2n) is 4.43. The minimum absolute atomic E-state index is 0.244. The first-order valence-electron chi connectivity index (χ1n) is 6.18. The summed E-state index contributed by atoms with van der Waals surface area (Å²) >= 11 is 1.48. The van der Waals surface area contributed by atoms with Gasteiger partial charge in [0.25, 0.3) is 5.91 Å². The molecule has 2 amide bonds. The zero-order valence-electron chi connectivity index (χ0n) is 10.9. The molecular formula is C15H11N3O2S. The van der Waals surface area contributed by atoms with Crippen LogP contribution in [0.25, 0.3) is 10.2 Å². The van der Waals surface area contributed by atoms with Gasteiger partial charge in [-0.15, -0.1) is 11.3 Å². The van der Waals surface area contributed by atoms with Crippen LogP contribution in [0.15, 0.2) is 48.0 Å². The average molecular weight is 297 g/mol. The molecule has 21 heavy (non-hydrogen) atoms. The van der Waals surface area contributed by atoms with Gasteiger partial charge in [0.1, 0.15) is 0 Å². The fourth-order valence-corrected chi connectivity index (χ4v) is 2.67. The fourth-order valence-electron chi connectivity index (χ4n) is 1.95. The second-order valence-corrected chi connectivity index (χ2v) is 5.32. The molecule has 5 nitrogen and oxygen atoms in total. The van der Waals surface area contributed by atoms with Crippen LogP contribution in [-0.4, -0.2) is 16.8 Å². The molecule has 0 saturated carbocycles. The molecule has 2 aromatic carbocycles. The SMILES string of the molecule is NC(=O)c1cccc(NC(=O)c2ccc3ncsc3c2)c1. The van der Waals surface area contributed by atoms with Crippen LogP contribution in [0.4, 0.5) is 5.69 Å². The molecule has 0 radical (unpaired) electrons. The summed E-state index contributed by atoms with van der Waals surface area (Å²) in [5.74, 6) is -0.774. The van der Waals surface area contributed by atoms with Crippen LogP contribution in [0.2, 0.25) is 0 Å². The number of aromatic nitrogens is 1. The highest BCUT2D eigenvalue weighted by atomic mass is 32.1. The Hall–Kier alpha value is -2.73. The number of carbonyl (C=O) groups excluding carboxylic acids is 2. The first-order valence-corrected chi connectivity index (χ1v) is 7.06. The minimum atomic E-state index is -0.530. The Kier molecular flexibility index (Phi) is 3.37. The lowest BCUT2D eigenvalue weighted by Crippen LogP contribution is -2.14. The van der Waals surface area contributed by atoms with Crippen LogP contribution in [0.1, 0.15) is 20.7 Å². The van der Waals surface area contributed by atoms with Crippen molar-refractivity contribution in [3.8, 4) is 0 Å². The number of hydrogen-bond acceptors (Lipinski definition) is 4. The highest BCUT2D eigenvalue weighted by Crippen LogP contribution is 2.20. The van der Waals surface area contributed by atoms with Crippen LogP contribution in [0.3, 0.4) is 0 Å². The third-order valence-corrected chi connectivity index (χ3v) is 3.79. The Labute approximate surface area is 124 Å². The highest BCUT2D eigenvalue weighted by molar-refractivity contribution is 7.16. The third-order valence-electron chi connectivity index (χ3n) is 3.00. The number of carbonyl (C=O) groups is 2. The molecule has 1 heterocycles. The van der Waals surface area contributed by atoms with E-state index in [4.69, 9.17) is 5.73 Å². The van der Waals surface area contributed by atoms with Crippen molar-refractivity contribution < 1.29 is 9.59 Å². The molecule has 6 heteroatoms. The quantitative estimate of drug-likeness (QED) is 0.779. The topological polar surface area (TPSA) is 85.1 Å². The van der Waals surface area contributed by atoms with Gasteiger partial charge in [-0.05, 0) is 36.4 Å². The van der Waals surface area contributed by atoms with Crippen molar-refractivity contribution >= 4 is 39.1 Å². The van der Waals surface area contributed by atoms with E-state index in [9.17, 15) is 9.59 Å². The van der Waals surface area contributed by atoms with E-state index < -0.39 is 5.91 Å². The summed E-state index contributed by atoms with van der Waals surface area (Å²) in [6.45, 7) is 0. The van der Waals surface area contributed by atoms with Gasteiger partial charge < -0.3 is 11.1 Å². The molecule has 0 aliphatic heterocycles. The molecule has 3 rings (SSSR count). The Bertz CT molecular complexity index is 842. The Morgan fingerprint density at radius 3 is 2.76 bits per heavy atom. The maximum absolute atomic E-state index is 12.2. The smallest absolute Gasteiger partial charge is 0.255 e. The number of benzene rings is 2. The average Bonchev–Trinajstić information content (AvgIpc) is 2.94. The lowest BCUT2D eigenvalue weighted by Gasteiger charge is -2.06. The lowest BCUT2D eigenvalue weighted by molar-refractivity contribution is 0.0996. The van der Waals surface area contributed by atoms with Gasteiger partial charge in [-0.1, -0.05) is 6.07 Å². The highest BCUT2D eigenvalue weighted by Gasteiger charge is 2.09.